The number of methoxy groups -OCH3 is 2. The molecule has 0 radical (unpaired) electrons. The lowest BCUT2D eigenvalue weighted by Gasteiger charge is -2.38. The van der Waals surface area contributed by atoms with Crippen molar-refractivity contribution < 1.29 is 28.8 Å². The first kappa shape index (κ1) is 32.3. The maximum atomic E-state index is 10.2. The van der Waals surface area contributed by atoms with Gasteiger partial charge in [0.25, 0.3) is 0 Å². The number of hydrogen-bond donors (Lipinski definition) is 2. The topological polar surface area (TPSA) is 78.4 Å². The largest absolute Gasteiger partial charge is 0.497 e. The number of piperidine rings is 1. The number of nitrogens with one attached hydrogen (secondary N) is 1. The molecule has 0 aliphatic carbocycles. The summed E-state index contributed by atoms with van der Waals surface area (Å²) in [6, 6.07) is 24.1. The number of aliphatic hydroxyl groups is 1. The fraction of sp³-hybridized carbons (Fsp3) is 0.389. The SMILES string of the molecule is C=C(OC)c1ccccc1/C=C(\C)CO[C@H]1CNC[C@@H](CO)[C@@H]1c1ccc(OCCCOCc2ccccc2OC)cc1. The van der Waals surface area contributed by atoms with Crippen LogP contribution in [0.1, 0.15) is 41.5 Å². The number of hydrogen-bond acceptors (Lipinski definition) is 7. The van der Waals surface area contributed by atoms with Gasteiger partial charge in [-0.3, -0.25) is 0 Å². The molecule has 7 heteroatoms. The molecule has 3 atom stereocenters. The van der Waals surface area contributed by atoms with Crippen molar-refractivity contribution >= 4 is 11.8 Å². The standard InChI is InChI=1S/C36H45NO6/c1-26(20-29-10-5-7-12-33(29)27(2)39-3)24-43-35-22-37-21-31(23-38)36(35)28-14-16-32(17-15-28)42-19-9-18-41-25-30-11-6-8-13-34(30)40-4/h5-8,10-17,20,31,35-38H,2,9,18-19,21-25H2,1,3-4H3/b26-20+/t31-,35-,36-/m0/s1. The molecule has 1 heterocycles. The molecule has 1 aliphatic rings. The van der Waals surface area contributed by atoms with Gasteiger partial charge in [-0.2, -0.15) is 0 Å². The summed E-state index contributed by atoms with van der Waals surface area (Å²) in [5, 5.41) is 13.6. The smallest absolute Gasteiger partial charge is 0.124 e. The molecule has 1 aliphatic heterocycles. The highest BCUT2D eigenvalue weighted by Gasteiger charge is 2.34. The molecule has 1 fully saturated rings. The van der Waals surface area contributed by atoms with Gasteiger partial charge in [0.2, 0.25) is 0 Å². The van der Waals surface area contributed by atoms with E-state index in [0.717, 1.165) is 58.8 Å². The Morgan fingerprint density at radius 3 is 2.51 bits per heavy atom. The normalized spacial score (nSPS) is 18.7. The van der Waals surface area contributed by atoms with Gasteiger partial charge >= 0.3 is 0 Å². The third-order valence-electron chi connectivity index (χ3n) is 7.75. The molecule has 0 unspecified atom stereocenters. The van der Waals surface area contributed by atoms with Crippen LogP contribution in [0.2, 0.25) is 0 Å². The summed E-state index contributed by atoms with van der Waals surface area (Å²) in [7, 11) is 3.30. The molecule has 0 saturated carbocycles. The van der Waals surface area contributed by atoms with Crippen molar-refractivity contribution in [3.63, 3.8) is 0 Å². The van der Waals surface area contributed by atoms with Crippen molar-refractivity contribution in [2.24, 2.45) is 5.92 Å². The molecular formula is C36H45NO6. The van der Waals surface area contributed by atoms with Crippen LogP contribution in [0.25, 0.3) is 11.8 Å². The van der Waals surface area contributed by atoms with Crippen LogP contribution < -0.4 is 14.8 Å². The Hall–Kier alpha value is -3.62. The zero-order valence-corrected chi connectivity index (χ0v) is 25.6. The molecule has 0 amide bonds. The molecule has 3 aromatic carbocycles. The number of benzene rings is 3. The second-order valence-electron chi connectivity index (χ2n) is 10.8. The lowest BCUT2D eigenvalue weighted by molar-refractivity contribution is 0.00496. The third kappa shape index (κ3) is 9.18. The molecule has 0 spiro atoms. The van der Waals surface area contributed by atoms with E-state index in [2.05, 4.69) is 43.1 Å². The zero-order valence-electron chi connectivity index (χ0n) is 25.6. The van der Waals surface area contributed by atoms with Gasteiger partial charge in [0.05, 0.1) is 46.8 Å². The van der Waals surface area contributed by atoms with Gasteiger partial charge in [0.15, 0.2) is 0 Å². The van der Waals surface area contributed by atoms with E-state index in [4.69, 9.17) is 23.7 Å². The molecule has 4 rings (SSSR count). The van der Waals surface area contributed by atoms with Gasteiger partial charge in [0.1, 0.15) is 17.3 Å². The fourth-order valence-corrected chi connectivity index (χ4v) is 5.47. The van der Waals surface area contributed by atoms with Gasteiger partial charge in [-0.05, 0) is 41.8 Å². The van der Waals surface area contributed by atoms with E-state index in [9.17, 15) is 5.11 Å². The summed E-state index contributed by atoms with van der Waals surface area (Å²) in [4.78, 5) is 0. The van der Waals surface area contributed by atoms with Crippen molar-refractivity contribution in [3.8, 4) is 11.5 Å². The first-order valence-corrected chi connectivity index (χ1v) is 14.9. The Morgan fingerprint density at radius 1 is 0.977 bits per heavy atom. The van der Waals surface area contributed by atoms with Crippen molar-refractivity contribution in [1.82, 2.24) is 5.32 Å². The maximum Gasteiger partial charge on any atom is 0.124 e. The molecule has 43 heavy (non-hydrogen) atoms. The Balaban J connectivity index is 1.30. The van der Waals surface area contributed by atoms with Crippen LogP contribution in [0.3, 0.4) is 0 Å². The van der Waals surface area contributed by atoms with Gasteiger partial charge in [-0.1, -0.05) is 67.3 Å². The monoisotopic (exact) mass is 587 g/mol. The summed E-state index contributed by atoms with van der Waals surface area (Å²) >= 11 is 0. The van der Waals surface area contributed by atoms with Gasteiger partial charge in [0, 0.05) is 49.1 Å². The third-order valence-corrected chi connectivity index (χ3v) is 7.75. The van der Waals surface area contributed by atoms with Crippen LogP contribution >= 0.6 is 0 Å². The number of para-hydroxylation sites is 1. The molecule has 2 N–H and O–H groups in total. The van der Waals surface area contributed by atoms with Crippen molar-refractivity contribution in [1.29, 1.82) is 0 Å². The van der Waals surface area contributed by atoms with Crippen LogP contribution in [0.4, 0.5) is 0 Å². The molecular weight excluding hydrogens is 542 g/mol. The number of rotatable bonds is 16. The Labute approximate surface area is 256 Å². The van der Waals surface area contributed by atoms with E-state index < -0.39 is 0 Å². The molecule has 0 bridgehead atoms. The van der Waals surface area contributed by atoms with E-state index in [1.165, 1.54) is 0 Å². The average molecular weight is 588 g/mol. The number of aliphatic hydroxyl groups excluding tert-OH is 1. The summed E-state index contributed by atoms with van der Waals surface area (Å²) in [6.45, 7) is 9.79. The van der Waals surface area contributed by atoms with Crippen LogP contribution in [0.15, 0.2) is 84.9 Å². The minimum Gasteiger partial charge on any atom is -0.497 e. The molecule has 7 nitrogen and oxygen atoms in total. The fourth-order valence-electron chi connectivity index (χ4n) is 5.47. The van der Waals surface area contributed by atoms with Crippen LogP contribution in [-0.4, -0.2) is 64.9 Å². The average Bonchev–Trinajstić information content (AvgIpc) is 3.05. The van der Waals surface area contributed by atoms with Gasteiger partial charge < -0.3 is 34.1 Å². The Morgan fingerprint density at radius 2 is 1.74 bits per heavy atom. The van der Waals surface area contributed by atoms with Crippen LogP contribution in [-0.2, 0) is 20.8 Å². The Bertz CT molecular complexity index is 1320. The summed E-state index contributed by atoms with van der Waals surface area (Å²) < 4.78 is 29.0. The van der Waals surface area contributed by atoms with E-state index in [1.807, 2.05) is 54.6 Å². The van der Waals surface area contributed by atoms with E-state index in [-0.39, 0.29) is 24.5 Å². The van der Waals surface area contributed by atoms with Gasteiger partial charge in [-0.15, -0.1) is 0 Å². The molecule has 0 aromatic heterocycles. The summed E-state index contributed by atoms with van der Waals surface area (Å²) in [5.74, 6) is 2.41. The minimum absolute atomic E-state index is 0.0564. The highest BCUT2D eigenvalue weighted by atomic mass is 16.5. The van der Waals surface area contributed by atoms with E-state index in [0.29, 0.717) is 32.2 Å². The van der Waals surface area contributed by atoms with E-state index >= 15 is 0 Å². The van der Waals surface area contributed by atoms with Crippen molar-refractivity contribution in [3.05, 3.63) is 107 Å². The highest BCUT2D eigenvalue weighted by Crippen LogP contribution is 2.34. The van der Waals surface area contributed by atoms with E-state index in [1.54, 1.807) is 14.2 Å². The zero-order chi connectivity index (χ0) is 30.4. The van der Waals surface area contributed by atoms with Crippen molar-refractivity contribution in [2.75, 3.05) is 53.7 Å². The van der Waals surface area contributed by atoms with Crippen LogP contribution in [0, 0.1) is 5.92 Å². The summed E-state index contributed by atoms with van der Waals surface area (Å²) in [6.07, 6.45) is 2.82. The predicted molar refractivity (Wildman–Crippen MR) is 171 cm³/mol. The van der Waals surface area contributed by atoms with Crippen molar-refractivity contribution in [2.45, 2.75) is 32.0 Å². The summed E-state index contributed by atoms with van der Waals surface area (Å²) in [5.41, 5.74) is 5.27. The lowest BCUT2D eigenvalue weighted by Crippen LogP contribution is -2.48. The molecule has 230 valence electrons. The number of ether oxygens (including phenoxy) is 5. The second kappa shape index (κ2) is 16.9. The van der Waals surface area contributed by atoms with Gasteiger partial charge in [-0.25, -0.2) is 0 Å². The molecule has 3 aromatic rings. The first-order chi connectivity index (χ1) is 21.0. The maximum absolute atomic E-state index is 10.2. The lowest BCUT2D eigenvalue weighted by atomic mass is 9.79. The molecule has 1 saturated heterocycles. The predicted octanol–water partition coefficient (Wildman–Crippen LogP) is 6.08. The first-order valence-electron chi connectivity index (χ1n) is 14.9. The van der Waals surface area contributed by atoms with Crippen LogP contribution in [0.5, 0.6) is 11.5 Å². The second-order valence-corrected chi connectivity index (χ2v) is 10.8. The highest BCUT2D eigenvalue weighted by molar-refractivity contribution is 5.70. The quantitative estimate of drug-likeness (QED) is 0.155. The Kier molecular flexibility index (Phi) is 12.7. The minimum atomic E-state index is -0.0782.